The van der Waals surface area contributed by atoms with E-state index < -0.39 is 0 Å². The Hall–Kier alpha value is -2.59. The molecule has 0 spiro atoms. The molecule has 1 atom stereocenters. The van der Waals surface area contributed by atoms with Crippen LogP contribution in [-0.4, -0.2) is 37.4 Å². The Morgan fingerprint density at radius 1 is 0.969 bits per heavy atom. The zero-order valence-electron chi connectivity index (χ0n) is 17.0. The molecule has 1 aliphatic heterocycles. The van der Waals surface area contributed by atoms with Crippen molar-refractivity contribution in [1.82, 2.24) is 24.7 Å². The molecule has 5 aromatic rings. The van der Waals surface area contributed by atoms with Gasteiger partial charge in [0.1, 0.15) is 5.03 Å². The van der Waals surface area contributed by atoms with Gasteiger partial charge in [-0.2, -0.15) is 0 Å². The maximum Gasteiger partial charge on any atom is 0.197 e. The molecule has 0 radical (unpaired) electrons. The normalized spacial score (nSPS) is 16.2. The third-order valence-corrected chi connectivity index (χ3v) is 8.09. The summed E-state index contributed by atoms with van der Waals surface area (Å²) in [4.78, 5) is 11.9. The molecular formula is C23H19N5OS3. The minimum Gasteiger partial charge on any atom is -0.376 e. The van der Waals surface area contributed by atoms with Crippen molar-refractivity contribution in [2.45, 2.75) is 35.7 Å². The van der Waals surface area contributed by atoms with Crippen molar-refractivity contribution in [2.24, 2.45) is 0 Å². The molecule has 1 unspecified atom stereocenters. The minimum absolute atomic E-state index is 0.188. The van der Waals surface area contributed by atoms with E-state index in [2.05, 4.69) is 38.3 Å². The van der Waals surface area contributed by atoms with Crippen LogP contribution in [-0.2, 0) is 11.3 Å². The zero-order chi connectivity index (χ0) is 21.3. The Bertz CT molecular complexity index is 1340. The second-order valence-corrected chi connectivity index (χ2v) is 10.3. The Kier molecular flexibility index (Phi) is 5.48. The Balaban J connectivity index is 1.44. The third-order valence-electron chi connectivity index (χ3n) is 5.37. The van der Waals surface area contributed by atoms with Gasteiger partial charge >= 0.3 is 0 Å². The number of para-hydroxylation sites is 1. The Morgan fingerprint density at radius 3 is 2.59 bits per heavy atom. The molecule has 5 heterocycles. The van der Waals surface area contributed by atoms with Crippen LogP contribution in [0.2, 0.25) is 0 Å². The first-order valence-corrected chi connectivity index (χ1v) is 13.0. The molecular weight excluding hydrogens is 458 g/mol. The van der Waals surface area contributed by atoms with Crippen molar-refractivity contribution >= 4 is 45.3 Å². The molecule has 1 fully saturated rings. The maximum atomic E-state index is 5.94. The monoisotopic (exact) mass is 477 g/mol. The fraction of sp³-hybridized carbons (Fsp3) is 0.217. The topological polar surface area (TPSA) is 65.7 Å². The van der Waals surface area contributed by atoms with E-state index >= 15 is 0 Å². The number of ether oxygens (including phenoxy) is 1. The number of hydrogen-bond donors (Lipinski definition) is 0. The number of nitrogens with zero attached hydrogens (tertiary/aromatic N) is 5. The quantitative estimate of drug-likeness (QED) is 0.279. The summed E-state index contributed by atoms with van der Waals surface area (Å²) in [6, 6.07) is 16.3. The van der Waals surface area contributed by atoms with E-state index in [-0.39, 0.29) is 6.10 Å². The predicted molar refractivity (Wildman–Crippen MR) is 129 cm³/mol. The van der Waals surface area contributed by atoms with Crippen molar-refractivity contribution in [2.75, 3.05) is 6.61 Å². The second-order valence-electron chi connectivity index (χ2n) is 7.48. The number of aromatic nitrogens is 5. The maximum absolute atomic E-state index is 5.94. The summed E-state index contributed by atoms with van der Waals surface area (Å²) >= 11 is 4.87. The highest BCUT2D eigenvalue weighted by Gasteiger charge is 2.23. The molecule has 1 saturated heterocycles. The average Bonchev–Trinajstić information content (AvgIpc) is 3.62. The summed E-state index contributed by atoms with van der Waals surface area (Å²) < 4.78 is 8.12. The van der Waals surface area contributed by atoms with E-state index in [0.29, 0.717) is 0 Å². The summed E-state index contributed by atoms with van der Waals surface area (Å²) in [5, 5.41) is 16.0. The average molecular weight is 478 g/mol. The SMILES string of the molecule is c1csc(-c2nc(Sc3nnc(-c4cccs4)n3CC3CCCO3)c3ccccc3n2)c1. The van der Waals surface area contributed by atoms with E-state index in [9.17, 15) is 0 Å². The molecule has 0 bridgehead atoms. The van der Waals surface area contributed by atoms with Gasteiger partial charge in [-0.05, 0) is 53.6 Å². The number of rotatable bonds is 6. The van der Waals surface area contributed by atoms with Gasteiger partial charge < -0.3 is 4.74 Å². The fourth-order valence-corrected chi connectivity index (χ4v) is 6.15. The molecule has 0 amide bonds. The molecule has 9 heteroatoms. The van der Waals surface area contributed by atoms with Crippen molar-refractivity contribution in [3.8, 4) is 21.4 Å². The van der Waals surface area contributed by atoms with Gasteiger partial charge in [-0.1, -0.05) is 30.3 Å². The van der Waals surface area contributed by atoms with Crippen molar-refractivity contribution in [1.29, 1.82) is 0 Å². The fourth-order valence-electron chi connectivity index (χ4n) is 3.84. The van der Waals surface area contributed by atoms with Crippen LogP contribution >= 0.6 is 34.4 Å². The standard InChI is InChI=1S/C23H19N5OS3/c1-2-8-17-16(7-1)22(25-20(24-17)18-9-4-12-30-18)32-23-27-26-21(19-10-5-13-31-19)28(23)14-15-6-3-11-29-15/h1-2,4-5,7-10,12-13,15H,3,6,11,14H2. The third kappa shape index (κ3) is 3.86. The molecule has 6 rings (SSSR count). The van der Waals surface area contributed by atoms with Gasteiger partial charge in [0.05, 0.1) is 27.9 Å². The number of hydrogen-bond acceptors (Lipinski definition) is 8. The van der Waals surface area contributed by atoms with Crippen LogP contribution in [0.4, 0.5) is 0 Å². The van der Waals surface area contributed by atoms with Crippen LogP contribution in [0.1, 0.15) is 12.8 Å². The van der Waals surface area contributed by atoms with Crippen LogP contribution < -0.4 is 0 Å². The van der Waals surface area contributed by atoms with Crippen LogP contribution in [0.25, 0.3) is 32.3 Å². The predicted octanol–water partition coefficient (Wildman–Crippen LogP) is 6.01. The van der Waals surface area contributed by atoms with Gasteiger partial charge in [0.25, 0.3) is 0 Å². The molecule has 1 aliphatic rings. The van der Waals surface area contributed by atoms with Crippen molar-refractivity contribution in [3.63, 3.8) is 0 Å². The van der Waals surface area contributed by atoms with Gasteiger partial charge in [0.2, 0.25) is 0 Å². The number of fused-ring (bicyclic) bond motifs is 1. The zero-order valence-corrected chi connectivity index (χ0v) is 19.5. The van der Waals surface area contributed by atoms with Crippen molar-refractivity contribution < 1.29 is 4.74 Å². The van der Waals surface area contributed by atoms with Gasteiger partial charge in [-0.3, -0.25) is 4.57 Å². The molecule has 0 saturated carbocycles. The van der Waals surface area contributed by atoms with Gasteiger partial charge in [0, 0.05) is 12.0 Å². The lowest BCUT2D eigenvalue weighted by Crippen LogP contribution is -2.16. The van der Waals surface area contributed by atoms with Crippen LogP contribution in [0.15, 0.2) is 69.5 Å². The first kappa shape index (κ1) is 20.0. The summed E-state index contributed by atoms with van der Waals surface area (Å²) in [6.07, 6.45) is 2.35. The molecule has 0 aliphatic carbocycles. The molecule has 1 aromatic carbocycles. The highest BCUT2D eigenvalue weighted by molar-refractivity contribution is 7.99. The summed E-state index contributed by atoms with van der Waals surface area (Å²) in [5.74, 6) is 1.62. The van der Waals surface area contributed by atoms with Gasteiger partial charge in [-0.15, -0.1) is 32.9 Å². The van der Waals surface area contributed by atoms with Crippen LogP contribution in [0, 0.1) is 0 Å². The molecule has 4 aromatic heterocycles. The van der Waals surface area contributed by atoms with Gasteiger partial charge in [-0.25, -0.2) is 9.97 Å². The van der Waals surface area contributed by atoms with Crippen LogP contribution in [0.5, 0.6) is 0 Å². The molecule has 160 valence electrons. The largest absolute Gasteiger partial charge is 0.376 e. The number of benzene rings is 1. The smallest absolute Gasteiger partial charge is 0.197 e. The molecule has 6 nitrogen and oxygen atoms in total. The second kappa shape index (κ2) is 8.74. The van der Waals surface area contributed by atoms with E-state index in [1.165, 1.54) is 0 Å². The Morgan fingerprint density at radius 2 is 1.81 bits per heavy atom. The summed E-state index contributed by atoms with van der Waals surface area (Å²) in [7, 11) is 0. The summed E-state index contributed by atoms with van der Waals surface area (Å²) in [5.41, 5.74) is 0.928. The summed E-state index contributed by atoms with van der Waals surface area (Å²) in [6.45, 7) is 1.56. The lowest BCUT2D eigenvalue weighted by atomic mass is 10.2. The minimum atomic E-state index is 0.188. The number of thiophene rings is 2. The molecule has 32 heavy (non-hydrogen) atoms. The van der Waals surface area contributed by atoms with E-state index in [0.717, 1.165) is 68.5 Å². The van der Waals surface area contributed by atoms with E-state index in [1.54, 1.807) is 34.4 Å². The van der Waals surface area contributed by atoms with Crippen molar-refractivity contribution in [3.05, 3.63) is 59.3 Å². The first-order valence-electron chi connectivity index (χ1n) is 10.4. The highest BCUT2D eigenvalue weighted by Crippen LogP contribution is 2.36. The highest BCUT2D eigenvalue weighted by atomic mass is 32.2. The first-order chi connectivity index (χ1) is 15.8. The molecule has 0 N–H and O–H groups in total. The lowest BCUT2D eigenvalue weighted by Gasteiger charge is -2.14. The Labute approximate surface area is 197 Å². The van der Waals surface area contributed by atoms with Gasteiger partial charge in [0.15, 0.2) is 16.8 Å². The van der Waals surface area contributed by atoms with E-state index in [4.69, 9.17) is 14.7 Å². The van der Waals surface area contributed by atoms with E-state index in [1.807, 2.05) is 35.7 Å². The lowest BCUT2D eigenvalue weighted by molar-refractivity contribution is 0.0953. The van der Waals surface area contributed by atoms with Crippen LogP contribution in [0.3, 0.4) is 0 Å².